The van der Waals surface area contributed by atoms with Crippen LogP contribution in [0.2, 0.25) is 0 Å². The molecule has 0 radical (unpaired) electrons. The third-order valence-electron chi connectivity index (χ3n) is 3.52. The number of nitrogens with one attached hydrogen (secondary N) is 1. The minimum absolute atomic E-state index is 0.240. The smallest absolute Gasteiger partial charge is 0.277 e. The summed E-state index contributed by atoms with van der Waals surface area (Å²) >= 11 is 5.22. The summed E-state index contributed by atoms with van der Waals surface area (Å²) in [6.45, 7) is 0.377. The maximum atomic E-state index is 11.1. The zero-order valence-corrected chi connectivity index (χ0v) is 13.5. The molecule has 10 heteroatoms. The summed E-state index contributed by atoms with van der Waals surface area (Å²) in [4.78, 5) is 20.8. The van der Waals surface area contributed by atoms with Crippen LogP contribution in [-0.4, -0.2) is 24.6 Å². The fourth-order valence-electron chi connectivity index (χ4n) is 2.39. The summed E-state index contributed by atoms with van der Waals surface area (Å²) in [6.07, 6.45) is 0. The van der Waals surface area contributed by atoms with Crippen LogP contribution < -0.4 is 0 Å². The van der Waals surface area contributed by atoms with E-state index in [-0.39, 0.29) is 16.9 Å². The summed E-state index contributed by atoms with van der Waals surface area (Å²) < 4.78 is 1.95. The molecule has 1 heterocycles. The lowest BCUT2D eigenvalue weighted by atomic mass is 10.1. The molecule has 3 rings (SSSR count). The second-order valence-corrected chi connectivity index (χ2v) is 5.56. The van der Waals surface area contributed by atoms with Crippen molar-refractivity contribution in [3.8, 4) is 11.4 Å². The molecule has 1 N–H and O–H groups in total. The zero-order valence-electron chi connectivity index (χ0n) is 12.7. The number of H-pyrrole nitrogens is 1. The minimum atomic E-state index is -0.681. The summed E-state index contributed by atoms with van der Waals surface area (Å²) in [5.41, 5.74) is 0.416. The Bertz CT molecular complexity index is 980. The van der Waals surface area contributed by atoms with Gasteiger partial charge in [-0.25, -0.2) is 0 Å². The molecule has 0 aliphatic rings. The van der Waals surface area contributed by atoms with Crippen molar-refractivity contribution < 1.29 is 9.85 Å². The van der Waals surface area contributed by atoms with Crippen LogP contribution in [0.1, 0.15) is 5.56 Å². The SMILES string of the molecule is O=[N+]([O-])c1cc(-c2n[nH]c(=S)n2Cc2ccccc2)cc([N+](=O)[O-])c1. The second-order valence-electron chi connectivity index (χ2n) is 5.18. The van der Waals surface area contributed by atoms with Gasteiger partial charge in [-0.1, -0.05) is 30.3 Å². The van der Waals surface area contributed by atoms with Crippen molar-refractivity contribution in [2.45, 2.75) is 6.54 Å². The van der Waals surface area contributed by atoms with E-state index in [0.29, 0.717) is 17.1 Å². The van der Waals surface area contributed by atoms with E-state index in [2.05, 4.69) is 10.2 Å². The van der Waals surface area contributed by atoms with E-state index in [4.69, 9.17) is 12.2 Å². The number of aromatic amines is 1. The summed E-state index contributed by atoms with van der Waals surface area (Å²) in [5.74, 6) is 0.292. The number of nitro groups is 2. The quantitative estimate of drug-likeness (QED) is 0.424. The molecule has 0 fully saturated rings. The Morgan fingerprint density at radius 1 is 1.04 bits per heavy atom. The lowest BCUT2D eigenvalue weighted by Crippen LogP contribution is -2.03. The molecule has 25 heavy (non-hydrogen) atoms. The van der Waals surface area contributed by atoms with Crippen LogP contribution in [0.5, 0.6) is 0 Å². The van der Waals surface area contributed by atoms with Gasteiger partial charge in [-0.05, 0) is 17.8 Å². The lowest BCUT2D eigenvalue weighted by Gasteiger charge is -2.07. The van der Waals surface area contributed by atoms with Crippen molar-refractivity contribution in [2.24, 2.45) is 0 Å². The van der Waals surface area contributed by atoms with Crippen LogP contribution in [0.4, 0.5) is 11.4 Å². The number of nitro benzene ring substituents is 2. The second kappa shape index (κ2) is 6.61. The molecule has 0 spiro atoms. The lowest BCUT2D eigenvalue weighted by molar-refractivity contribution is -0.394. The van der Waals surface area contributed by atoms with Crippen LogP contribution >= 0.6 is 12.2 Å². The predicted molar refractivity (Wildman–Crippen MR) is 91.7 cm³/mol. The topological polar surface area (TPSA) is 120 Å². The molecule has 0 aliphatic carbocycles. The predicted octanol–water partition coefficient (Wildman–Crippen LogP) is 3.47. The Morgan fingerprint density at radius 2 is 1.64 bits per heavy atom. The van der Waals surface area contributed by atoms with Gasteiger partial charge in [0.25, 0.3) is 11.4 Å². The molecule has 2 aromatic carbocycles. The van der Waals surface area contributed by atoms with Crippen LogP contribution in [0.25, 0.3) is 11.4 Å². The average molecular weight is 357 g/mol. The molecule has 126 valence electrons. The fraction of sp³-hybridized carbons (Fsp3) is 0.0667. The van der Waals surface area contributed by atoms with E-state index in [1.165, 1.54) is 12.1 Å². The van der Waals surface area contributed by atoms with Gasteiger partial charge in [0.1, 0.15) is 0 Å². The summed E-state index contributed by atoms with van der Waals surface area (Å²) in [5, 5.41) is 28.8. The molecule has 0 atom stereocenters. The van der Waals surface area contributed by atoms with E-state index >= 15 is 0 Å². The van der Waals surface area contributed by atoms with Crippen LogP contribution in [0, 0.1) is 25.0 Å². The molecular formula is C15H11N5O4S. The van der Waals surface area contributed by atoms with Crippen LogP contribution in [0.3, 0.4) is 0 Å². The Morgan fingerprint density at radius 3 is 2.20 bits per heavy atom. The van der Waals surface area contributed by atoms with Gasteiger partial charge < -0.3 is 0 Å². The highest BCUT2D eigenvalue weighted by molar-refractivity contribution is 7.71. The fourth-order valence-corrected chi connectivity index (χ4v) is 2.58. The number of aromatic nitrogens is 3. The molecule has 0 bridgehead atoms. The molecule has 0 aliphatic heterocycles. The number of hydrogen-bond acceptors (Lipinski definition) is 6. The van der Waals surface area contributed by atoms with Gasteiger partial charge in [0.05, 0.1) is 22.5 Å². The highest BCUT2D eigenvalue weighted by Gasteiger charge is 2.20. The average Bonchev–Trinajstić information content (AvgIpc) is 2.96. The monoisotopic (exact) mass is 357 g/mol. The third kappa shape index (κ3) is 3.43. The van der Waals surface area contributed by atoms with Crippen LogP contribution in [-0.2, 0) is 6.54 Å². The molecule has 0 saturated carbocycles. The molecular weight excluding hydrogens is 346 g/mol. The Labute approximate surface area is 145 Å². The molecule has 0 saturated heterocycles. The van der Waals surface area contributed by atoms with E-state index in [0.717, 1.165) is 11.6 Å². The summed E-state index contributed by atoms with van der Waals surface area (Å²) in [7, 11) is 0. The first-order valence-corrected chi connectivity index (χ1v) is 7.50. The van der Waals surface area contributed by atoms with Crippen LogP contribution in [0.15, 0.2) is 48.5 Å². The standard InChI is InChI=1S/C15H11N5O4S/c21-19(22)12-6-11(7-13(8-12)20(23)24)14-16-17-15(25)18(14)9-10-4-2-1-3-5-10/h1-8H,9H2,(H,17,25). The number of non-ortho nitro benzene ring substituents is 2. The maximum absolute atomic E-state index is 11.1. The summed E-state index contributed by atoms with van der Waals surface area (Å²) in [6, 6.07) is 12.8. The molecule has 0 amide bonds. The van der Waals surface area contributed by atoms with Gasteiger partial charge in [0.15, 0.2) is 10.6 Å². The highest BCUT2D eigenvalue weighted by atomic mass is 32.1. The van der Waals surface area contributed by atoms with Crippen molar-refractivity contribution in [3.05, 3.63) is 79.1 Å². The minimum Gasteiger partial charge on any atom is -0.296 e. The largest absolute Gasteiger partial charge is 0.296 e. The van der Waals surface area contributed by atoms with Gasteiger partial charge in [0, 0.05) is 17.7 Å². The molecule has 1 aromatic heterocycles. The zero-order chi connectivity index (χ0) is 18.0. The number of nitrogens with zero attached hydrogens (tertiary/aromatic N) is 4. The normalized spacial score (nSPS) is 10.6. The highest BCUT2D eigenvalue weighted by Crippen LogP contribution is 2.29. The van der Waals surface area contributed by atoms with Crippen molar-refractivity contribution in [1.82, 2.24) is 14.8 Å². The molecule has 0 unspecified atom stereocenters. The van der Waals surface area contributed by atoms with E-state index in [1.54, 1.807) is 4.57 Å². The van der Waals surface area contributed by atoms with Gasteiger partial charge >= 0.3 is 0 Å². The maximum Gasteiger partial charge on any atom is 0.277 e. The number of hydrogen-bond donors (Lipinski definition) is 1. The van der Waals surface area contributed by atoms with Gasteiger partial charge in [-0.2, -0.15) is 5.10 Å². The van der Waals surface area contributed by atoms with Crippen molar-refractivity contribution >= 4 is 23.6 Å². The molecule has 9 nitrogen and oxygen atoms in total. The Hall–Kier alpha value is -3.40. The first-order chi connectivity index (χ1) is 12.0. The Kier molecular flexibility index (Phi) is 4.35. The van der Waals surface area contributed by atoms with Crippen molar-refractivity contribution in [2.75, 3.05) is 0 Å². The molecule has 3 aromatic rings. The van der Waals surface area contributed by atoms with Crippen molar-refractivity contribution in [1.29, 1.82) is 0 Å². The van der Waals surface area contributed by atoms with Gasteiger partial charge in [-0.3, -0.25) is 29.9 Å². The number of rotatable bonds is 5. The first kappa shape index (κ1) is 16.5. The van der Waals surface area contributed by atoms with E-state index in [1.807, 2.05) is 30.3 Å². The third-order valence-corrected chi connectivity index (χ3v) is 3.84. The van der Waals surface area contributed by atoms with Crippen molar-refractivity contribution in [3.63, 3.8) is 0 Å². The first-order valence-electron chi connectivity index (χ1n) is 7.09. The van der Waals surface area contributed by atoms with Gasteiger partial charge in [-0.15, -0.1) is 0 Å². The Balaban J connectivity index is 2.13. The number of benzene rings is 2. The van der Waals surface area contributed by atoms with E-state index in [9.17, 15) is 20.2 Å². The van der Waals surface area contributed by atoms with Gasteiger partial charge in [0.2, 0.25) is 0 Å². The van der Waals surface area contributed by atoms with E-state index < -0.39 is 9.85 Å².